The third-order valence-electron chi connectivity index (χ3n) is 16.7. The molecule has 606 valence electrons. The Hall–Kier alpha value is -5.06. The predicted molar refractivity (Wildman–Crippen MR) is 436 cm³/mol. The Morgan fingerprint density at radius 2 is 0.509 bits per heavy atom. The summed E-state index contributed by atoms with van der Waals surface area (Å²) in [7, 11) is -9.98. The lowest BCUT2D eigenvalue weighted by molar-refractivity contribution is -0.161. The van der Waals surface area contributed by atoms with E-state index in [9.17, 15) is 43.2 Å². The number of rotatable bonds is 76. The number of unbranched alkanes of at least 4 members (excludes halogenated alkanes) is 26. The van der Waals surface area contributed by atoms with Crippen LogP contribution in [0.2, 0.25) is 0 Å². The lowest BCUT2D eigenvalue weighted by Crippen LogP contribution is -2.30. The fourth-order valence-electron chi connectivity index (χ4n) is 10.6. The molecule has 0 aliphatic heterocycles. The van der Waals surface area contributed by atoms with Crippen molar-refractivity contribution in [2.45, 2.75) is 341 Å². The van der Waals surface area contributed by atoms with Gasteiger partial charge < -0.3 is 33.8 Å². The van der Waals surface area contributed by atoms with Crippen LogP contribution in [0.25, 0.3) is 0 Å². The molecule has 5 unspecified atom stereocenters. The molecule has 0 spiro atoms. The van der Waals surface area contributed by atoms with Crippen LogP contribution in [0.3, 0.4) is 0 Å². The van der Waals surface area contributed by atoms with Crippen molar-refractivity contribution in [3.63, 3.8) is 0 Å². The Morgan fingerprint density at radius 3 is 0.792 bits per heavy atom. The molecule has 0 saturated carbocycles. The first kappa shape index (κ1) is 101. The van der Waals surface area contributed by atoms with Crippen molar-refractivity contribution in [3.05, 3.63) is 146 Å². The minimum atomic E-state index is -4.99. The van der Waals surface area contributed by atoms with Crippen LogP contribution in [0.1, 0.15) is 323 Å². The quantitative estimate of drug-likeness (QED) is 0.0169. The monoisotopic (exact) mass is 1530 g/mol. The van der Waals surface area contributed by atoms with Crippen molar-refractivity contribution >= 4 is 39.5 Å². The third-order valence-corrected chi connectivity index (χ3v) is 18.7. The standard InChI is InChI=1S/C87H146O17P2/c1-5-9-13-17-21-25-29-33-36-38-40-42-45-49-52-56-60-64-68-72-85(90)98-78-83(104-87(92)74-70-66-62-58-54-50-46-43-41-39-37-34-30-26-22-18-14-10-6-2)80-102-106(95,96)100-76-81(88)75-99-105(93,94)101-79-82(103-86(91)73-69-65-61-57-53-47-32-28-24-20-16-12-8-4)77-97-84(89)71-67-63-59-55-51-48-44-35-31-27-23-19-15-11-7-3/h9,11,13,15-16,20-23,25-28,32-37,40-44,81-83,88H,5-8,10,12,14,17-19,24,29-31,38-39,45-80H2,1-4H3,(H,93,94)(H,95,96)/b13-9-,15-11-,20-16-,25-21-,26-22-,27-23-,32-28-,36-33-,37-34-,42-40-,43-41-,44-35-. The van der Waals surface area contributed by atoms with E-state index in [2.05, 4.69) is 174 Å². The van der Waals surface area contributed by atoms with Crippen molar-refractivity contribution < 1.29 is 80.2 Å². The maximum Gasteiger partial charge on any atom is 0.472 e. The summed E-state index contributed by atoms with van der Waals surface area (Å²) in [5.41, 5.74) is 0. The Labute approximate surface area is 643 Å². The van der Waals surface area contributed by atoms with E-state index in [0.29, 0.717) is 25.7 Å². The Balaban J connectivity index is 5.41. The van der Waals surface area contributed by atoms with E-state index in [4.69, 9.17) is 37.0 Å². The van der Waals surface area contributed by atoms with E-state index in [-0.39, 0.29) is 25.7 Å². The van der Waals surface area contributed by atoms with Gasteiger partial charge in [-0.2, -0.15) is 0 Å². The largest absolute Gasteiger partial charge is 0.472 e. The van der Waals surface area contributed by atoms with Gasteiger partial charge in [0.05, 0.1) is 26.4 Å². The molecule has 3 N–H and O–H groups in total. The van der Waals surface area contributed by atoms with Gasteiger partial charge in [0.15, 0.2) is 12.2 Å². The molecule has 0 aliphatic rings. The molecule has 0 aromatic heterocycles. The first-order chi connectivity index (χ1) is 51.7. The van der Waals surface area contributed by atoms with E-state index in [1.54, 1.807) is 0 Å². The molecule has 5 atom stereocenters. The van der Waals surface area contributed by atoms with Gasteiger partial charge in [0.25, 0.3) is 0 Å². The second-order valence-electron chi connectivity index (χ2n) is 26.9. The SMILES string of the molecule is CC/C=C\C/C=C\C/C=C\C/C=C\CCCCCCCCC(=O)OCC(COP(=O)(O)OCC(O)COP(=O)(O)OCC(COC(=O)CCCCCCC/C=C\C/C=C\C/C=C\CC)OC(=O)CCCCCCC/C=C\C/C=C\CCC)OC(=O)CCCCCCCC/C=C\C/C=C\C/C=C\CCCCC. The molecule has 106 heavy (non-hydrogen) atoms. The second kappa shape index (κ2) is 78.1. The van der Waals surface area contributed by atoms with Crippen LogP contribution in [0.15, 0.2) is 146 Å². The highest BCUT2D eigenvalue weighted by Gasteiger charge is 2.30. The number of aliphatic hydroxyl groups excluding tert-OH is 1. The summed E-state index contributed by atoms with van der Waals surface area (Å²) in [6, 6.07) is 0. The number of esters is 4. The fraction of sp³-hybridized carbons (Fsp3) is 0.678. The van der Waals surface area contributed by atoms with E-state index in [0.717, 1.165) is 225 Å². The van der Waals surface area contributed by atoms with Crippen molar-refractivity contribution in [3.8, 4) is 0 Å². The predicted octanol–water partition coefficient (Wildman–Crippen LogP) is 24.2. The molecule has 17 nitrogen and oxygen atoms in total. The molecule has 0 aromatic carbocycles. The fourth-order valence-corrected chi connectivity index (χ4v) is 12.1. The van der Waals surface area contributed by atoms with Crippen molar-refractivity contribution in [2.75, 3.05) is 39.6 Å². The number of carbonyl (C=O) groups is 4. The minimum Gasteiger partial charge on any atom is -0.462 e. The van der Waals surface area contributed by atoms with Crippen LogP contribution in [0.4, 0.5) is 0 Å². The third kappa shape index (κ3) is 77.1. The molecule has 19 heteroatoms. The van der Waals surface area contributed by atoms with Crippen molar-refractivity contribution in [1.29, 1.82) is 0 Å². The van der Waals surface area contributed by atoms with Gasteiger partial charge in [0.2, 0.25) is 0 Å². The molecule has 0 bridgehead atoms. The van der Waals surface area contributed by atoms with Crippen LogP contribution >= 0.6 is 15.6 Å². The zero-order valence-corrected chi connectivity index (χ0v) is 68.1. The number of carbonyl (C=O) groups excluding carboxylic acids is 4. The van der Waals surface area contributed by atoms with Gasteiger partial charge >= 0.3 is 39.5 Å². The topological polar surface area (TPSA) is 237 Å². The van der Waals surface area contributed by atoms with Crippen LogP contribution in [0, 0.1) is 0 Å². The molecular weight excluding hydrogens is 1380 g/mol. The van der Waals surface area contributed by atoms with Crippen molar-refractivity contribution in [2.24, 2.45) is 0 Å². The highest BCUT2D eigenvalue weighted by Crippen LogP contribution is 2.45. The molecule has 0 amide bonds. The smallest absolute Gasteiger partial charge is 0.462 e. The molecule has 0 saturated heterocycles. The lowest BCUT2D eigenvalue weighted by atomic mass is 10.1. The van der Waals surface area contributed by atoms with Gasteiger partial charge in [-0.15, -0.1) is 0 Å². The van der Waals surface area contributed by atoms with Crippen LogP contribution in [-0.2, 0) is 65.4 Å². The Kier molecular flexibility index (Phi) is 74.3. The summed E-state index contributed by atoms with van der Waals surface area (Å²) in [6.07, 6.45) is 89.5. The normalized spacial score (nSPS) is 14.6. The van der Waals surface area contributed by atoms with Gasteiger partial charge in [0.1, 0.15) is 19.3 Å². The van der Waals surface area contributed by atoms with Gasteiger partial charge in [-0.3, -0.25) is 37.3 Å². The van der Waals surface area contributed by atoms with E-state index >= 15 is 0 Å². The number of hydrogen-bond donors (Lipinski definition) is 3. The average Bonchev–Trinajstić information content (AvgIpc) is 0.903. The van der Waals surface area contributed by atoms with Crippen LogP contribution in [0.5, 0.6) is 0 Å². The Morgan fingerprint density at radius 1 is 0.274 bits per heavy atom. The zero-order chi connectivity index (χ0) is 77.4. The van der Waals surface area contributed by atoms with Gasteiger partial charge in [-0.25, -0.2) is 9.13 Å². The van der Waals surface area contributed by atoms with E-state index < -0.39 is 97.5 Å². The van der Waals surface area contributed by atoms with E-state index in [1.165, 1.54) is 19.3 Å². The summed E-state index contributed by atoms with van der Waals surface area (Å²) >= 11 is 0. The highest BCUT2D eigenvalue weighted by atomic mass is 31.2. The molecule has 0 aliphatic carbocycles. The number of ether oxygens (including phenoxy) is 4. The zero-order valence-electron chi connectivity index (χ0n) is 66.3. The molecule has 0 rings (SSSR count). The van der Waals surface area contributed by atoms with E-state index in [1.807, 2.05) is 0 Å². The first-order valence-corrected chi connectivity index (χ1v) is 44.1. The molecular formula is C87H146O17P2. The van der Waals surface area contributed by atoms with Crippen LogP contribution in [-0.4, -0.2) is 96.7 Å². The number of hydrogen-bond acceptors (Lipinski definition) is 15. The van der Waals surface area contributed by atoms with Crippen LogP contribution < -0.4 is 0 Å². The first-order valence-electron chi connectivity index (χ1n) is 41.1. The summed E-state index contributed by atoms with van der Waals surface area (Å²) in [6.45, 7) is 4.51. The Bertz CT molecular complexity index is 2580. The maximum atomic E-state index is 13.1. The molecule has 0 fully saturated rings. The molecule has 0 radical (unpaired) electrons. The number of allylic oxidation sites excluding steroid dienone is 24. The lowest BCUT2D eigenvalue weighted by Gasteiger charge is -2.21. The van der Waals surface area contributed by atoms with Gasteiger partial charge in [-0.05, 0) is 161 Å². The summed E-state index contributed by atoms with van der Waals surface area (Å²) in [5, 5.41) is 10.7. The highest BCUT2D eigenvalue weighted by molar-refractivity contribution is 7.47. The molecule has 0 heterocycles. The summed E-state index contributed by atoms with van der Waals surface area (Å²) in [5.74, 6) is -2.24. The summed E-state index contributed by atoms with van der Waals surface area (Å²) < 4.78 is 68.7. The van der Waals surface area contributed by atoms with Gasteiger partial charge in [0, 0.05) is 25.7 Å². The maximum absolute atomic E-state index is 13.1. The number of phosphoric acid groups is 2. The number of phosphoric ester groups is 2. The van der Waals surface area contributed by atoms with Gasteiger partial charge in [-0.1, -0.05) is 283 Å². The average molecular weight is 1530 g/mol. The minimum absolute atomic E-state index is 0.0710. The number of aliphatic hydroxyl groups is 1. The molecule has 0 aromatic rings. The summed E-state index contributed by atoms with van der Waals surface area (Å²) in [4.78, 5) is 73.1. The van der Waals surface area contributed by atoms with Crippen molar-refractivity contribution in [1.82, 2.24) is 0 Å². The second-order valence-corrected chi connectivity index (χ2v) is 29.8.